The smallest absolute Gasteiger partial charge is 0.339 e. The minimum atomic E-state index is -3.46. The number of hydrogen-bond donors (Lipinski definition) is 1. The molecule has 142 valence electrons. The normalized spacial score (nSPS) is 11.6. The van der Waals surface area contributed by atoms with Crippen molar-refractivity contribution in [2.75, 3.05) is 12.9 Å². The number of fused-ring (bicyclic) bond motifs is 1. The molecule has 0 amide bonds. The van der Waals surface area contributed by atoms with E-state index in [2.05, 4.69) is 4.98 Å². The van der Waals surface area contributed by atoms with Crippen LogP contribution >= 0.6 is 11.6 Å². The third-order valence-electron chi connectivity index (χ3n) is 4.03. The van der Waals surface area contributed by atoms with Crippen LogP contribution in [-0.4, -0.2) is 36.8 Å². The molecule has 0 fully saturated rings. The predicted octanol–water partition coefficient (Wildman–Crippen LogP) is 2.63. The van der Waals surface area contributed by atoms with Gasteiger partial charge in [0.25, 0.3) is 0 Å². The van der Waals surface area contributed by atoms with Crippen LogP contribution in [0.25, 0.3) is 11.0 Å². The summed E-state index contributed by atoms with van der Waals surface area (Å²) in [5, 5.41) is 0.111. The molecule has 0 saturated heterocycles. The lowest BCUT2D eigenvalue weighted by Gasteiger charge is -2.08. The molecule has 9 heteroatoms. The lowest BCUT2D eigenvalue weighted by molar-refractivity contribution is 0.0496. The Labute approximate surface area is 160 Å². The number of hydrogen-bond acceptors (Lipinski definition) is 5. The van der Waals surface area contributed by atoms with Crippen molar-refractivity contribution in [3.05, 3.63) is 63.5 Å². The molecule has 0 saturated carbocycles. The number of aromatic nitrogens is 2. The summed E-state index contributed by atoms with van der Waals surface area (Å²) < 4.78 is 30.0. The lowest BCUT2D eigenvalue weighted by atomic mass is 10.2. The van der Waals surface area contributed by atoms with E-state index in [4.69, 9.17) is 16.3 Å². The number of halogens is 1. The van der Waals surface area contributed by atoms with Crippen LogP contribution in [0.15, 0.2) is 52.2 Å². The van der Waals surface area contributed by atoms with Gasteiger partial charge in [-0.05, 0) is 36.8 Å². The molecule has 0 bridgehead atoms. The number of carbonyl (C=O) groups excluding carboxylic acids is 1. The quantitative estimate of drug-likeness (QED) is 0.499. The zero-order valence-electron chi connectivity index (χ0n) is 14.4. The van der Waals surface area contributed by atoms with Gasteiger partial charge in [-0.15, -0.1) is 0 Å². The molecule has 0 aliphatic carbocycles. The molecule has 0 aliphatic heterocycles. The summed E-state index contributed by atoms with van der Waals surface area (Å²) in [6.45, 7) is 0.428. The molecule has 2 aromatic carbocycles. The highest BCUT2D eigenvalue weighted by atomic mass is 35.5. The van der Waals surface area contributed by atoms with Gasteiger partial charge >= 0.3 is 11.7 Å². The van der Waals surface area contributed by atoms with Crippen LogP contribution in [0.5, 0.6) is 0 Å². The number of carbonyl (C=O) groups is 1. The van der Waals surface area contributed by atoms with Gasteiger partial charge in [-0.3, -0.25) is 4.57 Å². The van der Waals surface area contributed by atoms with Gasteiger partial charge in [-0.25, -0.2) is 18.0 Å². The Kier molecular flexibility index (Phi) is 5.38. The SMILES string of the molecule is CS(=O)(=O)c1ccc(Cl)c(C(=O)OCCCn2c(=O)[nH]c3ccccc32)c1. The number of benzene rings is 2. The van der Waals surface area contributed by atoms with Crippen molar-refractivity contribution < 1.29 is 17.9 Å². The summed E-state index contributed by atoms with van der Waals surface area (Å²) in [6.07, 6.45) is 1.46. The van der Waals surface area contributed by atoms with Gasteiger partial charge in [-0.2, -0.15) is 0 Å². The zero-order chi connectivity index (χ0) is 19.6. The van der Waals surface area contributed by atoms with Gasteiger partial charge in [0.15, 0.2) is 9.84 Å². The Morgan fingerprint density at radius 3 is 2.70 bits per heavy atom. The molecule has 7 nitrogen and oxygen atoms in total. The molecule has 0 aliphatic rings. The molecule has 0 unspecified atom stereocenters. The van der Waals surface area contributed by atoms with Gasteiger partial charge < -0.3 is 9.72 Å². The maximum Gasteiger partial charge on any atom is 0.339 e. The third-order valence-corrected chi connectivity index (χ3v) is 5.47. The van der Waals surface area contributed by atoms with E-state index in [-0.39, 0.29) is 27.8 Å². The van der Waals surface area contributed by atoms with E-state index in [1.54, 1.807) is 4.57 Å². The van der Waals surface area contributed by atoms with E-state index in [1.165, 1.54) is 18.2 Å². The number of ether oxygens (including phenoxy) is 1. The van der Waals surface area contributed by atoms with E-state index in [0.717, 1.165) is 17.3 Å². The van der Waals surface area contributed by atoms with Crippen molar-refractivity contribution in [1.29, 1.82) is 0 Å². The first-order chi connectivity index (χ1) is 12.8. The fraction of sp³-hybridized carbons (Fsp3) is 0.222. The topological polar surface area (TPSA) is 98.2 Å². The molecule has 1 heterocycles. The summed E-state index contributed by atoms with van der Waals surface area (Å²) in [5.74, 6) is -0.711. The van der Waals surface area contributed by atoms with Crippen LogP contribution in [0.3, 0.4) is 0 Å². The molecule has 3 aromatic rings. The van der Waals surface area contributed by atoms with E-state index in [9.17, 15) is 18.0 Å². The average molecular weight is 409 g/mol. The average Bonchev–Trinajstić information content (AvgIpc) is 2.93. The van der Waals surface area contributed by atoms with Gasteiger partial charge in [0.05, 0.1) is 33.1 Å². The summed E-state index contributed by atoms with van der Waals surface area (Å²) in [4.78, 5) is 26.9. The molecular weight excluding hydrogens is 392 g/mol. The van der Waals surface area contributed by atoms with Crippen molar-refractivity contribution in [3.63, 3.8) is 0 Å². The summed E-state index contributed by atoms with van der Waals surface area (Å²) in [6, 6.07) is 11.2. The number of sulfone groups is 1. The lowest BCUT2D eigenvalue weighted by Crippen LogP contribution is -2.18. The highest BCUT2D eigenvalue weighted by molar-refractivity contribution is 7.90. The molecule has 3 rings (SSSR count). The molecule has 0 spiro atoms. The van der Waals surface area contributed by atoms with Crippen molar-refractivity contribution in [3.8, 4) is 0 Å². The Morgan fingerprint density at radius 2 is 1.96 bits per heavy atom. The van der Waals surface area contributed by atoms with Crippen molar-refractivity contribution in [1.82, 2.24) is 9.55 Å². The van der Waals surface area contributed by atoms with E-state index < -0.39 is 15.8 Å². The van der Waals surface area contributed by atoms with E-state index >= 15 is 0 Å². The van der Waals surface area contributed by atoms with Gasteiger partial charge in [0, 0.05) is 12.8 Å². The highest BCUT2D eigenvalue weighted by Gasteiger charge is 2.16. The van der Waals surface area contributed by atoms with Crippen LogP contribution in [0.1, 0.15) is 16.8 Å². The number of nitrogens with one attached hydrogen (secondary N) is 1. The number of rotatable bonds is 6. The van der Waals surface area contributed by atoms with Crippen LogP contribution < -0.4 is 5.69 Å². The number of nitrogens with zero attached hydrogens (tertiary/aromatic N) is 1. The number of aryl methyl sites for hydroxylation is 1. The molecule has 0 radical (unpaired) electrons. The fourth-order valence-electron chi connectivity index (χ4n) is 2.69. The molecule has 1 N–H and O–H groups in total. The second kappa shape index (κ2) is 7.58. The standard InChI is InChI=1S/C18H17ClN2O5S/c1-27(24,25)12-7-8-14(19)13(11-12)17(22)26-10-4-9-21-16-6-3-2-5-15(16)20-18(21)23/h2-3,5-8,11H,4,9-10H2,1H3,(H,20,23). The van der Waals surface area contributed by atoms with Crippen molar-refractivity contribution >= 4 is 38.4 Å². The largest absolute Gasteiger partial charge is 0.462 e. The maximum atomic E-state index is 12.2. The third kappa shape index (κ3) is 4.23. The molecule has 0 atom stereocenters. The second-order valence-electron chi connectivity index (χ2n) is 6.00. The zero-order valence-corrected chi connectivity index (χ0v) is 16.0. The number of imidazole rings is 1. The summed E-state index contributed by atoms with van der Waals surface area (Å²) in [5.41, 5.74) is 1.27. The van der Waals surface area contributed by atoms with Crippen LogP contribution in [0, 0.1) is 0 Å². The number of para-hydroxylation sites is 2. The first-order valence-electron chi connectivity index (χ1n) is 8.11. The fourth-order valence-corrected chi connectivity index (χ4v) is 3.53. The molecular formula is C18H17ClN2O5S. The van der Waals surface area contributed by atoms with E-state index in [1.807, 2.05) is 24.3 Å². The molecule has 27 heavy (non-hydrogen) atoms. The van der Waals surface area contributed by atoms with Crippen molar-refractivity contribution in [2.45, 2.75) is 17.9 Å². The van der Waals surface area contributed by atoms with Gasteiger partial charge in [0.2, 0.25) is 0 Å². The van der Waals surface area contributed by atoms with Crippen LogP contribution in [-0.2, 0) is 21.1 Å². The van der Waals surface area contributed by atoms with Gasteiger partial charge in [0.1, 0.15) is 0 Å². The Balaban J connectivity index is 1.65. The van der Waals surface area contributed by atoms with Gasteiger partial charge in [-0.1, -0.05) is 23.7 Å². The highest BCUT2D eigenvalue weighted by Crippen LogP contribution is 2.21. The van der Waals surface area contributed by atoms with Crippen molar-refractivity contribution in [2.24, 2.45) is 0 Å². The number of aromatic amines is 1. The Hall–Kier alpha value is -2.58. The molecule has 1 aromatic heterocycles. The van der Waals surface area contributed by atoms with Crippen LogP contribution in [0.4, 0.5) is 0 Å². The second-order valence-corrected chi connectivity index (χ2v) is 8.43. The number of esters is 1. The predicted molar refractivity (Wildman–Crippen MR) is 102 cm³/mol. The summed E-state index contributed by atoms with van der Waals surface area (Å²) >= 11 is 5.98. The van der Waals surface area contributed by atoms with E-state index in [0.29, 0.717) is 13.0 Å². The van der Waals surface area contributed by atoms with Crippen LogP contribution in [0.2, 0.25) is 5.02 Å². The monoisotopic (exact) mass is 408 g/mol. The summed E-state index contributed by atoms with van der Waals surface area (Å²) in [7, 11) is -3.46. The first-order valence-corrected chi connectivity index (χ1v) is 10.4. The Morgan fingerprint density at radius 1 is 1.22 bits per heavy atom. The minimum Gasteiger partial charge on any atom is -0.462 e. The minimum absolute atomic E-state index is 0.0100. The maximum absolute atomic E-state index is 12.2. The first kappa shape index (κ1) is 19.2. The Bertz CT molecular complexity index is 1160. The number of H-pyrrole nitrogens is 1.